The van der Waals surface area contributed by atoms with Gasteiger partial charge in [-0.3, -0.25) is 9.59 Å². The van der Waals surface area contributed by atoms with E-state index in [1.165, 1.54) is 14.1 Å². The van der Waals surface area contributed by atoms with Crippen LogP contribution in [0.4, 0.5) is 11.4 Å². The van der Waals surface area contributed by atoms with Crippen LogP contribution in [0.5, 0.6) is 0 Å². The highest BCUT2D eigenvalue weighted by molar-refractivity contribution is 7.89. The Kier molecular flexibility index (Phi) is 6.46. The highest BCUT2D eigenvalue weighted by Gasteiger charge is 2.29. The van der Waals surface area contributed by atoms with E-state index in [2.05, 4.69) is 15.6 Å². The molecular formula is C24H29N5O4S. The lowest BCUT2D eigenvalue weighted by Crippen LogP contribution is -2.22. The number of carbonyl (C=O) groups is 2. The molecule has 3 aromatic rings. The van der Waals surface area contributed by atoms with Crippen LogP contribution in [0.1, 0.15) is 30.7 Å². The second-order valence-electron chi connectivity index (χ2n) is 8.87. The third-order valence-corrected chi connectivity index (χ3v) is 7.84. The molecule has 0 aliphatic heterocycles. The number of benzene rings is 2. The summed E-state index contributed by atoms with van der Waals surface area (Å²) in [7, 11) is 1.26. The van der Waals surface area contributed by atoms with Crippen molar-refractivity contribution in [2.45, 2.75) is 37.5 Å². The van der Waals surface area contributed by atoms with Crippen LogP contribution in [0.25, 0.3) is 11.0 Å². The highest BCUT2D eigenvalue weighted by atomic mass is 32.2. The predicted octanol–water partition coefficient (Wildman–Crippen LogP) is 3.05. The van der Waals surface area contributed by atoms with E-state index in [4.69, 9.17) is 0 Å². The fourth-order valence-corrected chi connectivity index (χ4v) is 4.61. The summed E-state index contributed by atoms with van der Waals surface area (Å²) in [6.45, 7) is 1.90. The van der Waals surface area contributed by atoms with Crippen molar-refractivity contribution >= 4 is 44.2 Å². The number of aryl methyl sites for hydroxylation is 3. The standard InChI is InChI=1S/C24H29N5O4S/c1-15-5-8-17(25-24(31)16-6-7-16)13-19(15)27-23(30)12-11-22-26-20-14-18(34(32,33)28(2)3)9-10-21(20)29(22)4/h5,8-10,13-14,16H,6-7,11-12H2,1-4H3,(H,25,31)(H,27,30). The second-order valence-corrected chi connectivity index (χ2v) is 11.0. The summed E-state index contributed by atoms with van der Waals surface area (Å²) in [5.41, 5.74) is 3.58. The number of hydrogen-bond acceptors (Lipinski definition) is 5. The average molecular weight is 484 g/mol. The molecule has 0 radical (unpaired) electrons. The molecule has 0 bridgehead atoms. The molecule has 1 saturated carbocycles. The number of fused-ring (bicyclic) bond motifs is 1. The third kappa shape index (κ3) is 4.97. The Morgan fingerprint density at radius 1 is 1.12 bits per heavy atom. The first kappa shape index (κ1) is 23.9. The first-order valence-corrected chi connectivity index (χ1v) is 12.6. The Bertz CT molecular complexity index is 1370. The van der Waals surface area contributed by atoms with E-state index in [1.807, 2.05) is 30.7 Å². The Morgan fingerprint density at radius 2 is 1.85 bits per heavy atom. The van der Waals surface area contributed by atoms with E-state index in [0.29, 0.717) is 29.1 Å². The van der Waals surface area contributed by atoms with Crippen LogP contribution in [-0.4, -0.2) is 48.2 Å². The van der Waals surface area contributed by atoms with Gasteiger partial charge in [-0.25, -0.2) is 17.7 Å². The molecule has 1 heterocycles. The van der Waals surface area contributed by atoms with E-state index in [0.717, 1.165) is 28.2 Å². The van der Waals surface area contributed by atoms with Gasteiger partial charge in [-0.2, -0.15) is 0 Å². The summed E-state index contributed by atoms with van der Waals surface area (Å²) in [5, 5.41) is 5.82. The number of aromatic nitrogens is 2. The maximum absolute atomic E-state index is 12.7. The van der Waals surface area contributed by atoms with Gasteiger partial charge in [0.2, 0.25) is 21.8 Å². The summed E-state index contributed by atoms with van der Waals surface area (Å²) in [4.78, 5) is 29.4. The Balaban J connectivity index is 1.44. The number of nitrogens with zero attached hydrogens (tertiary/aromatic N) is 3. The zero-order valence-corrected chi connectivity index (χ0v) is 20.6. The van der Waals surface area contributed by atoms with E-state index < -0.39 is 10.0 Å². The quantitative estimate of drug-likeness (QED) is 0.511. The highest BCUT2D eigenvalue weighted by Crippen LogP contribution is 2.31. The van der Waals surface area contributed by atoms with Crippen molar-refractivity contribution in [3.63, 3.8) is 0 Å². The minimum absolute atomic E-state index is 0.0181. The van der Waals surface area contributed by atoms with Crippen LogP contribution < -0.4 is 10.6 Å². The fourth-order valence-electron chi connectivity index (χ4n) is 3.69. The molecule has 4 rings (SSSR count). The largest absolute Gasteiger partial charge is 0.331 e. The second kappa shape index (κ2) is 9.19. The van der Waals surface area contributed by atoms with Gasteiger partial charge < -0.3 is 15.2 Å². The average Bonchev–Trinajstić information content (AvgIpc) is 3.59. The van der Waals surface area contributed by atoms with E-state index in [-0.39, 0.29) is 29.0 Å². The van der Waals surface area contributed by atoms with Crippen molar-refractivity contribution < 1.29 is 18.0 Å². The van der Waals surface area contributed by atoms with Crippen molar-refractivity contribution in [1.82, 2.24) is 13.9 Å². The van der Waals surface area contributed by atoms with Gasteiger partial charge in [0.25, 0.3) is 0 Å². The van der Waals surface area contributed by atoms with Crippen molar-refractivity contribution in [3.8, 4) is 0 Å². The zero-order chi connectivity index (χ0) is 24.6. The number of hydrogen-bond donors (Lipinski definition) is 2. The fraction of sp³-hybridized carbons (Fsp3) is 0.375. The van der Waals surface area contributed by atoms with Gasteiger partial charge in [-0.05, 0) is 55.7 Å². The van der Waals surface area contributed by atoms with Gasteiger partial charge in [0.15, 0.2) is 0 Å². The topological polar surface area (TPSA) is 113 Å². The van der Waals surface area contributed by atoms with Gasteiger partial charge in [0.05, 0.1) is 15.9 Å². The minimum Gasteiger partial charge on any atom is -0.331 e. The molecular weight excluding hydrogens is 454 g/mol. The molecule has 180 valence electrons. The lowest BCUT2D eigenvalue weighted by Gasteiger charge is -2.11. The first-order chi connectivity index (χ1) is 16.1. The van der Waals surface area contributed by atoms with Crippen molar-refractivity contribution in [3.05, 3.63) is 47.8 Å². The summed E-state index contributed by atoms with van der Waals surface area (Å²) in [6, 6.07) is 10.3. The van der Waals surface area contributed by atoms with Crippen molar-refractivity contribution in [2.75, 3.05) is 24.7 Å². The summed E-state index contributed by atoms with van der Waals surface area (Å²) in [5.74, 6) is 0.639. The normalized spacial score (nSPS) is 13.9. The molecule has 0 unspecified atom stereocenters. The van der Waals surface area contributed by atoms with Gasteiger partial charge in [-0.15, -0.1) is 0 Å². The van der Waals surface area contributed by atoms with Crippen LogP contribution in [0.3, 0.4) is 0 Å². The molecule has 0 saturated heterocycles. The molecule has 1 fully saturated rings. The van der Waals surface area contributed by atoms with Crippen LogP contribution in [0.15, 0.2) is 41.3 Å². The van der Waals surface area contributed by atoms with Crippen molar-refractivity contribution in [2.24, 2.45) is 13.0 Å². The van der Waals surface area contributed by atoms with Crippen LogP contribution in [0, 0.1) is 12.8 Å². The molecule has 1 aliphatic rings. The summed E-state index contributed by atoms with van der Waals surface area (Å²) >= 11 is 0. The Hall–Kier alpha value is -3.24. The van der Waals surface area contributed by atoms with Crippen LogP contribution in [0.2, 0.25) is 0 Å². The van der Waals surface area contributed by atoms with Gasteiger partial charge in [0, 0.05) is 51.3 Å². The van der Waals surface area contributed by atoms with E-state index in [1.54, 1.807) is 24.3 Å². The number of anilines is 2. The van der Waals surface area contributed by atoms with Gasteiger partial charge in [0.1, 0.15) is 5.82 Å². The van der Waals surface area contributed by atoms with E-state index >= 15 is 0 Å². The van der Waals surface area contributed by atoms with Gasteiger partial charge in [-0.1, -0.05) is 6.07 Å². The lowest BCUT2D eigenvalue weighted by molar-refractivity contribution is -0.117. The SMILES string of the molecule is Cc1ccc(NC(=O)C2CC2)cc1NC(=O)CCc1nc2cc(S(=O)(=O)N(C)C)ccc2n1C. The number of sulfonamides is 1. The zero-order valence-electron chi connectivity index (χ0n) is 19.8. The molecule has 9 nitrogen and oxygen atoms in total. The molecule has 2 aromatic carbocycles. The summed E-state index contributed by atoms with van der Waals surface area (Å²) < 4.78 is 27.9. The smallest absolute Gasteiger partial charge is 0.242 e. The molecule has 0 spiro atoms. The molecule has 34 heavy (non-hydrogen) atoms. The molecule has 2 N–H and O–H groups in total. The van der Waals surface area contributed by atoms with E-state index in [9.17, 15) is 18.0 Å². The molecule has 10 heteroatoms. The predicted molar refractivity (Wildman–Crippen MR) is 131 cm³/mol. The Labute approximate surface area is 199 Å². The summed E-state index contributed by atoms with van der Waals surface area (Å²) in [6.07, 6.45) is 2.45. The Morgan fingerprint density at radius 3 is 2.53 bits per heavy atom. The monoisotopic (exact) mass is 483 g/mol. The van der Waals surface area contributed by atoms with Crippen molar-refractivity contribution in [1.29, 1.82) is 0 Å². The third-order valence-electron chi connectivity index (χ3n) is 6.03. The van der Waals surface area contributed by atoms with Gasteiger partial charge >= 0.3 is 0 Å². The lowest BCUT2D eigenvalue weighted by atomic mass is 10.1. The molecule has 2 amide bonds. The first-order valence-electron chi connectivity index (χ1n) is 11.2. The minimum atomic E-state index is -3.56. The number of rotatable bonds is 8. The van der Waals surface area contributed by atoms with Crippen LogP contribution >= 0.6 is 0 Å². The molecule has 0 atom stereocenters. The number of imidazole rings is 1. The molecule has 1 aromatic heterocycles. The molecule has 1 aliphatic carbocycles. The van der Waals surface area contributed by atoms with Crippen LogP contribution in [-0.2, 0) is 33.1 Å². The maximum Gasteiger partial charge on any atom is 0.242 e. The number of carbonyl (C=O) groups excluding carboxylic acids is 2. The number of amides is 2. The number of nitrogens with one attached hydrogen (secondary N) is 2. The maximum atomic E-state index is 12.7.